The number of rotatable bonds is 6. The van der Waals surface area contributed by atoms with E-state index in [2.05, 4.69) is 12.9 Å². The van der Waals surface area contributed by atoms with Crippen LogP contribution in [-0.2, 0) is 31.2 Å². The van der Waals surface area contributed by atoms with Crippen molar-refractivity contribution in [1.29, 1.82) is 0 Å². The van der Waals surface area contributed by atoms with Gasteiger partial charge in [-0.05, 0) is 0 Å². The van der Waals surface area contributed by atoms with Crippen molar-refractivity contribution in [3.05, 3.63) is 0 Å². The summed E-state index contributed by atoms with van der Waals surface area (Å²) in [5.74, 6) is 0. The van der Waals surface area contributed by atoms with Crippen LogP contribution in [0.5, 0.6) is 0 Å². The zero-order chi connectivity index (χ0) is 14.1. The van der Waals surface area contributed by atoms with Crippen molar-refractivity contribution >= 4 is 31.3 Å². The van der Waals surface area contributed by atoms with E-state index in [9.17, 15) is 18.3 Å². The zero-order valence-electron chi connectivity index (χ0n) is 11.3. The molecule has 0 saturated heterocycles. The Morgan fingerprint density at radius 1 is 0.579 bits per heavy atom. The predicted molar refractivity (Wildman–Crippen MR) is 49.2 cm³/mol. The van der Waals surface area contributed by atoms with Crippen LogP contribution in [0.3, 0.4) is 0 Å². The van der Waals surface area contributed by atoms with Crippen molar-refractivity contribution in [1.82, 2.24) is 0 Å². The molecule has 0 fully saturated rings. The standard InChI is InChI=1S/2Na.H6O13P4.2H/c;;1-14(2,3)11-17(10,12-15(4,5)6)13-16(7,8)9;;/h;;(H2,1,2,3)(H2,4,5,6)(H2,7,8,9);;/q2*+1;;2*-1. The second kappa shape index (κ2) is 9.00. The van der Waals surface area contributed by atoms with Crippen LogP contribution in [0.25, 0.3) is 0 Å². The SMILES string of the molecule is O=P(O)(O)OP(=O)(OP(=O)(O)O)OP(=O)(O)O.[H-].[H-].[Na+].[Na+]. The average molecular weight is 386 g/mol. The molecule has 0 aliphatic rings. The molecule has 0 amide bonds. The largest absolute Gasteiger partial charge is 1.00 e. The molecule has 0 unspecified atom stereocenters. The molecule has 6 N–H and O–H groups in total. The van der Waals surface area contributed by atoms with E-state index in [0.29, 0.717) is 0 Å². The predicted octanol–water partition coefficient (Wildman–Crippen LogP) is -6.34. The quantitative estimate of drug-likeness (QED) is 0.185. The van der Waals surface area contributed by atoms with E-state index in [1.807, 2.05) is 0 Å². The second-order valence-corrected chi connectivity index (χ2v) is 7.96. The number of hydrogen-bond donors (Lipinski definition) is 6. The van der Waals surface area contributed by atoms with Gasteiger partial charge in [0.05, 0.1) is 0 Å². The molecule has 13 nitrogen and oxygen atoms in total. The molecule has 0 heterocycles. The van der Waals surface area contributed by atoms with E-state index in [1.54, 1.807) is 0 Å². The Balaban J connectivity index is -0.000000213. The van der Waals surface area contributed by atoms with E-state index >= 15 is 0 Å². The van der Waals surface area contributed by atoms with Crippen LogP contribution >= 0.6 is 31.3 Å². The number of phosphoric acid groups is 4. The molecule has 0 aliphatic carbocycles. The van der Waals surface area contributed by atoms with Gasteiger partial charge in [-0.15, -0.1) is 0 Å². The van der Waals surface area contributed by atoms with Crippen LogP contribution in [0.2, 0.25) is 0 Å². The van der Waals surface area contributed by atoms with Crippen LogP contribution < -0.4 is 59.1 Å². The van der Waals surface area contributed by atoms with Crippen molar-refractivity contribution < 1.29 is 123 Å². The topological polar surface area (TPSA) is 217 Å². The van der Waals surface area contributed by atoms with Crippen molar-refractivity contribution in [2.45, 2.75) is 0 Å². The van der Waals surface area contributed by atoms with Crippen molar-refractivity contribution in [3.8, 4) is 0 Å². The van der Waals surface area contributed by atoms with Gasteiger partial charge in [0, 0.05) is 0 Å². The molecule has 0 aromatic carbocycles. The van der Waals surface area contributed by atoms with Gasteiger partial charge in [-0.1, -0.05) is 0 Å². The Labute approximate surface area is 152 Å². The minimum atomic E-state index is -5.87. The summed E-state index contributed by atoms with van der Waals surface area (Å²) in [7, 11) is -22.9. The molecule has 0 atom stereocenters. The van der Waals surface area contributed by atoms with Gasteiger partial charge in [-0.25, -0.2) is 18.3 Å². The first-order chi connectivity index (χ1) is 7.12. The summed E-state index contributed by atoms with van der Waals surface area (Å²) in [6.07, 6.45) is 0. The third-order valence-corrected chi connectivity index (χ3v) is 5.57. The summed E-state index contributed by atoms with van der Waals surface area (Å²) >= 11 is 0. The van der Waals surface area contributed by atoms with Gasteiger partial charge in [0.15, 0.2) is 0 Å². The van der Waals surface area contributed by atoms with Crippen LogP contribution in [0, 0.1) is 0 Å². The molecule has 19 heteroatoms. The van der Waals surface area contributed by atoms with E-state index in [-0.39, 0.29) is 62.0 Å². The van der Waals surface area contributed by atoms with Gasteiger partial charge in [0.25, 0.3) is 0 Å². The first kappa shape index (κ1) is 26.5. The van der Waals surface area contributed by atoms with Gasteiger partial charge in [0.1, 0.15) is 0 Å². The molecule has 0 radical (unpaired) electrons. The van der Waals surface area contributed by atoms with Gasteiger partial charge >= 0.3 is 90.4 Å². The molecule has 0 rings (SSSR count). The minimum Gasteiger partial charge on any atom is -1.00 e. The van der Waals surface area contributed by atoms with E-state index in [1.165, 1.54) is 0 Å². The van der Waals surface area contributed by atoms with Crippen LogP contribution in [0.4, 0.5) is 0 Å². The average Bonchev–Trinajstić information content (AvgIpc) is 1.65. The summed E-state index contributed by atoms with van der Waals surface area (Å²) in [5, 5.41) is 0. The Hall–Kier alpha value is 2.56. The van der Waals surface area contributed by atoms with Crippen LogP contribution in [0.1, 0.15) is 2.85 Å². The fourth-order valence-electron chi connectivity index (χ4n) is 0.436. The molecule has 0 spiro atoms. The van der Waals surface area contributed by atoms with E-state index < -0.39 is 31.3 Å². The molecule has 0 aromatic rings. The summed E-state index contributed by atoms with van der Waals surface area (Å²) in [6.45, 7) is 0. The van der Waals surface area contributed by atoms with Crippen molar-refractivity contribution in [3.63, 3.8) is 0 Å². The van der Waals surface area contributed by atoms with Gasteiger partial charge in [-0.3, -0.25) is 0 Å². The summed E-state index contributed by atoms with van der Waals surface area (Å²) in [6, 6.07) is 0. The first-order valence-electron chi connectivity index (χ1n) is 3.03. The monoisotopic (exact) mass is 386 g/mol. The Morgan fingerprint density at radius 3 is 0.842 bits per heavy atom. The normalized spacial score (nSPS) is 13.4. The van der Waals surface area contributed by atoms with Crippen LogP contribution in [0.15, 0.2) is 0 Å². The Kier molecular flexibility index (Phi) is 12.5. The molecule has 0 bridgehead atoms. The third-order valence-electron chi connectivity index (χ3n) is 0.619. The first-order valence-corrected chi connectivity index (χ1v) is 9.08. The second-order valence-electron chi connectivity index (χ2n) is 2.16. The Bertz CT molecular complexity index is 390. The van der Waals surface area contributed by atoms with Crippen molar-refractivity contribution in [2.24, 2.45) is 0 Å². The maximum Gasteiger partial charge on any atom is 1.00 e. The fraction of sp³-hybridized carbons (Fsp3) is 0. The number of hydrogen-bond acceptors (Lipinski definition) is 7. The minimum absolute atomic E-state index is 0. The molecule has 0 aliphatic heterocycles. The van der Waals surface area contributed by atoms with E-state index in [0.717, 1.165) is 0 Å². The summed E-state index contributed by atoms with van der Waals surface area (Å²) in [5.41, 5.74) is 0. The fourth-order valence-corrected chi connectivity index (χ4v) is 4.72. The van der Waals surface area contributed by atoms with Gasteiger partial charge < -0.3 is 32.2 Å². The van der Waals surface area contributed by atoms with Crippen LogP contribution in [-0.4, -0.2) is 29.4 Å². The zero-order valence-corrected chi connectivity index (χ0v) is 16.9. The maximum absolute atomic E-state index is 11.1. The smallest absolute Gasteiger partial charge is 1.00 e. The summed E-state index contributed by atoms with van der Waals surface area (Å²) < 4.78 is 51.4. The Morgan fingerprint density at radius 2 is 0.737 bits per heavy atom. The summed E-state index contributed by atoms with van der Waals surface area (Å²) in [4.78, 5) is 49.2. The third kappa shape index (κ3) is 16.8. The van der Waals surface area contributed by atoms with Gasteiger partial charge in [0.2, 0.25) is 0 Å². The van der Waals surface area contributed by atoms with Gasteiger partial charge in [-0.2, -0.15) is 12.9 Å². The molecule has 0 saturated carbocycles. The molecular formula is H8Na2O13P4. The molecule has 108 valence electrons. The molecule has 19 heavy (non-hydrogen) atoms. The van der Waals surface area contributed by atoms with E-state index in [4.69, 9.17) is 29.4 Å². The molecular weight excluding hydrogens is 378 g/mol. The molecule has 0 aromatic heterocycles. The van der Waals surface area contributed by atoms with Crippen molar-refractivity contribution in [2.75, 3.05) is 0 Å². The maximum atomic E-state index is 11.1.